The van der Waals surface area contributed by atoms with Crippen LogP contribution >= 0.6 is 34.9 Å². The number of Topliss-reactive ketones (excluding diaryl/α,β-unsaturated/α-hetero) is 2. The number of benzene rings is 5. The lowest BCUT2D eigenvalue weighted by Crippen LogP contribution is -2.50. The lowest BCUT2D eigenvalue weighted by atomic mass is 9.82. The highest BCUT2D eigenvalue weighted by atomic mass is 32.2. The molecule has 6 aromatic rings. The molecule has 5 heterocycles. The molecule has 0 saturated carbocycles. The number of ketones is 2. The van der Waals surface area contributed by atoms with Gasteiger partial charge < -0.3 is 75.2 Å². The van der Waals surface area contributed by atoms with Crippen LogP contribution in [0.5, 0.6) is 5.75 Å². The maximum atomic E-state index is 15.3. The molecule has 0 bridgehead atoms. The number of nitrogens with zero attached hydrogens (tertiary/aromatic N) is 6. The van der Waals surface area contributed by atoms with Gasteiger partial charge >= 0.3 is 30.2 Å². The third-order valence-electron chi connectivity index (χ3n) is 23.6. The maximum Gasteiger partial charge on any atom is 0.418 e. The topological polar surface area (TPSA) is 418 Å². The molecule has 5 aromatic carbocycles. The van der Waals surface area contributed by atoms with Crippen molar-refractivity contribution < 1.29 is 114 Å². The van der Waals surface area contributed by atoms with Crippen LogP contribution in [0.1, 0.15) is 179 Å². The van der Waals surface area contributed by atoms with Crippen molar-refractivity contribution in [2.24, 2.45) is 41.2 Å². The van der Waals surface area contributed by atoms with E-state index in [1.54, 1.807) is 115 Å². The quantitative estimate of drug-likeness (QED) is 0.0117. The predicted molar refractivity (Wildman–Crippen MR) is 490 cm³/mol. The number of alkyl halides is 3. The van der Waals surface area contributed by atoms with Crippen molar-refractivity contribution in [1.29, 1.82) is 0 Å². The number of carboxylic acids is 1. The van der Waals surface area contributed by atoms with Gasteiger partial charge in [0.15, 0.2) is 17.7 Å². The number of imide groups is 1. The maximum absolute atomic E-state index is 15.3. The minimum atomic E-state index is -5.16. The number of aliphatic carboxylic acids is 1. The summed E-state index contributed by atoms with van der Waals surface area (Å²) >= 11 is 2.76. The number of carbonyl (C=O) groups excluding carboxylic acids is 13. The highest BCUT2D eigenvalue weighted by Gasteiger charge is 2.47. The Morgan fingerprint density at radius 3 is 1.89 bits per heavy atom. The molecule has 4 aliphatic rings. The number of ether oxygens (including phenoxy) is 6. The first-order valence-corrected chi connectivity index (χ1v) is 47.0. The van der Waals surface area contributed by atoms with Gasteiger partial charge in [0.25, 0.3) is 29.5 Å². The van der Waals surface area contributed by atoms with Crippen LogP contribution in [0.25, 0.3) is 0 Å². The van der Waals surface area contributed by atoms with E-state index >= 15 is 13.2 Å². The summed E-state index contributed by atoms with van der Waals surface area (Å²) in [6.45, 7) is 15.5. The third-order valence-corrected chi connectivity index (χ3v) is 26.8. The van der Waals surface area contributed by atoms with E-state index in [0.29, 0.717) is 133 Å². The number of aromatic nitrogens is 1. The molecule has 3 saturated heterocycles. The molecule has 32 nitrogen and oxygen atoms in total. The second-order valence-electron chi connectivity index (χ2n) is 33.9. The summed E-state index contributed by atoms with van der Waals surface area (Å²) in [5.41, 5.74) is 5.56. The monoisotopic (exact) mass is 1900 g/mol. The highest BCUT2D eigenvalue weighted by Crippen LogP contribution is 2.48. The molecule has 133 heavy (non-hydrogen) atoms. The van der Waals surface area contributed by atoms with Crippen LogP contribution in [0, 0.1) is 35.5 Å². The molecular weight excluding hydrogens is 1780 g/mol. The van der Waals surface area contributed by atoms with Crippen LogP contribution in [-0.4, -0.2) is 229 Å². The zero-order valence-corrected chi connectivity index (χ0v) is 78.3. The zero-order valence-electron chi connectivity index (χ0n) is 75.9. The Hall–Kier alpha value is -11.6. The summed E-state index contributed by atoms with van der Waals surface area (Å²) in [5, 5.41) is 22.5. The van der Waals surface area contributed by atoms with Crippen molar-refractivity contribution in [2.75, 3.05) is 103 Å². The summed E-state index contributed by atoms with van der Waals surface area (Å²) in [5.74, 6) is -11.3. The van der Waals surface area contributed by atoms with Gasteiger partial charge in [-0.2, -0.15) is 13.2 Å². The van der Waals surface area contributed by atoms with E-state index in [1.807, 2.05) is 58.0 Å². The number of hydrogen-bond donors (Lipinski definition) is 6. The minimum absolute atomic E-state index is 0.0399. The van der Waals surface area contributed by atoms with Crippen LogP contribution in [-0.2, 0) is 86.0 Å². The number of carboxylic acid groups (broad SMARTS) is 1. The van der Waals surface area contributed by atoms with E-state index in [4.69, 9.17) is 34.2 Å². The first-order chi connectivity index (χ1) is 63.5. The summed E-state index contributed by atoms with van der Waals surface area (Å²) in [4.78, 5) is 203. The molecule has 0 aliphatic carbocycles. The lowest BCUT2D eigenvalue weighted by Gasteiger charge is -2.38. The number of esters is 1. The molecule has 10 rings (SSSR count). The van der Waals surface area contributed by atoms with Gasteiger partial charge in [-0.1, -0.05) is 121 Å². The van der Waals surface area contributed by atoms with Gasteiger partial charge in [0.2, 0.25) is 17.7 Å². The van der Waals surface area contributed by atoms with Crippen LogP contribution in [0.3, 0.4) is 0 Å². The molecule has 38 heteroatoms. The molecule has 7 N–H and O–H groups in total. The molecular formula is C95H116F3N11O21S3. The number of primary amides is 1. The van der Waals surface area contributed by atoms with E-state index in [1.165, 1.54) is 17.2 Å². The third kappa shape index (κ3) is 29.5. The number of carbonyl (C=O) groups is 14. The number of nitrogens with two attached hydrogens (primary N) is 1. The second kappa shape index (κ2) is 49.4. The summed E-state index contributed by atoms with van der Waals surface area (Å²) < 4.78 is 79.5. The number of thiazole rings is 1. The molecule has 0 spiro atoms. The zero-order chi connectivity index (χ0) is 96.3. The smallest absolute Gasteiger partial charge is 0.418 e. The largest absolute Gasteiger partial charge is 0.491 e. The first kappa shape index (κ1) is 104. The Morgan fingerprint density at radius 1 is 0.722 bits per heavy atom. The Bertz CT molecular complexity index is 5030. The number of halogens is 3. The number of morpholine rings is 2. The van der Waals surface area contributed by atoms with E-state index in [9.17, 15) is 72.2 Å². The van der Waals surface area contributed by atoms with E-state index in [2.05, 4.69) is 26.3 Å². The number of piperidine rings is 1. The molecule has 716 valence electrons. The number of rotatable bonds is 45. The Balaban J connectivity index is 0.714. The van der Waals surface area contributed by atoms with Crippen molar-refractivity contribution in [3.63, 3.8) is 0 Å². The fourth-order valence-electron chi connectivity index (χ4n) is 16.0. The van der Waals surface area contributed by atoms with E-state index in [-0.39, 0.29) is 121 Å². The van der Waals surface area contributed by atoms with Crippen LogP contribution in [0.2, 0.25) is 0 Å². The normalized spacial score (nSPS) is 16.7. The van der Waals surface area contributed by atoms with E-state index in [0.717, 1.165) is 52.6 Å². The van der Waals surface area contributed by atoms with Crippen molar-refractivity contribution in [2.45, 2.75) is 179 Å². The summed E-state index contributed by atoms with van der Waals surface area (Å²) in [7, 11) is 1.64. The van der Waals surface area contributed by atoms with Gasteiger partial charge in [-0.25, -0.2) is 19.5 Å². The molecule has 0 unspecified atom stereocenters. The number of amides is 11. The lowest BCUT2D eigenvalue weighted by molar-refractivity contribution is -0.150. The molecule has 9 atom stereocenters. The van der Waals surface area contributed by atoms with Crippen LogP contribution in [0.4, 0.5) is 34.1 Å². The Labute approximate surface area is 782 Å². The number of hydrogen-bond acceptors (Lipinski definition) is 24. The molecule has 3 fully saturated rings. The van der Waals surface area contributed by atoms with Crippen LogP contribution < -0.4 is 36.6 Å². The van der Waals surface area contributed by atoms with Crippen molar-refractivity contribution in [3.8, 4) is 5.75 Å². The fourth-order valence-corrected chi connectivity index (χ4v) is 18.8. The van der Waals surface area contributed by atoms with Gasteiger partial charge in [-0.15, -0.1) is 11.3 Å². The van der Waals surface area contributed by atoms with Gasteiger partial charge in [0.05, 0.1) is 72.1 Å². The van der Waals surface area contributed by atoms with Crippen molar-refractivity contribution in [1.82, 2.24) is 40.5 Å². The van der Waals surface area contributed by atoms with Crippen molar-refractivity contribution >= 4 is 129 Å². The SMILES string of the molecule is CC[C@H](C)[C@H](CC(=O)[C@H]1CCCCN1C(=O)OCc1ccc(NC(=O)[C@H](CCCNC(N)=O)CC(=O)[C@@H](NC(=O)COCCOc2ccc(N3C(=O)C(Sc4ccc(C(=O)N5CCOCC5)cc4)=C(Sc4ccc(C(=O)N5CCOCC5)cc4)C3=O)c(C(F)(F)F)c2)C(C)C)cc1)C(=O)N(C)[C@H](C[C@@H](OC(C)=O)c1nc(C(=O)N[C@@H](Cc2ccccc2)C[C@H](C)C(=O)O)cs1)C(C)C. The van der Waals surface area contributed by atoms with Crippen molar-refractivity contribution in [3.05, 3.63) is 175 Å². The number of thioether (sulfide) groups is 2. The standard InChI is InChI=1S/C95H116F3N11O21S3/c1-10-58(6)71(89(118)105(9)76(56(2)3)52-79(130-60(8)110)86-103-73(55-131-86)85(115)102-67(47-59(7)92(121)122)48-61-17-12-11-13-18-61)51-77(111)75-20-14-15-36-108(75)94(124)129-53-62-21-27-66(28-22-62)101-84(114)65(19-16-35-100-93(99)123)49-78(112)81(57(4)5)104-80(113)54-127-45-46-128-68-29-34-74(72(50-68)95(96,97)98)109-90(119)82(132-69-30-23-63(24-31-69)87(116)106-37-41-125-42-38-106)83(91(109)120)133-70-32-25-64(26-33-70)88(117)107-39-43-126-44-40-107/h11-13,17-18,21-34,50,55-59,65,67,71,75-76,79,81H,10,14-16,19-20,35-49,51-54H2,1-9H3,(H,101,114)(H,102,115)(H,104,113)(H,121,122)(H3,99,100,123)/t58-,59-,65+,67+,71-,75+,76+,79+,81-/m0/s1. The first-order valence-electron chi connectivity index (χ1n) is 44.5. The van der Waals surface area contributed by atoms with Crippen LogP contribution in [0.15, 0.2) is 146 Å². The minimum Gasteiger partial charge on any atom is -0.491 e. The van der Waals surface area contributed by atoms with Gasteiger partial charge in [-0.05, 0) is 153 Å². The van der Waals surface area contributed by atoms with Gasteiger partial charge in [0, 0.05) is 128 Å². The van der Waals surface area contributed by atoms with E-state index < -0.39 is 144 Å². The number of nitrogens with one attached hydrogen (secondary N) is 4. The Kier molecular flexibility index (Phi) is 38.5. The second-order valence-corrected chi connectivity index (χ2v) is 37.0. The average molecular weight is 1900 g/mol. The predicted octanol–water partition coefficient (Wildman–Crippen LogP) is 12.7. The highest BCUT2D eigenvalue weighted by molar-refractivity contribution is 8.08. The molecule has 0 radical (unpaired) electrons. The molecule has 1 aromatic heterocycles. The van der Waals surface area contributed by atoms with Gasteiger partial charge in [-0.3, -0.25) is 62.4 Å². The van der Waals surface area contributed by atoms with Gasteiger partial charge in [0.1, 0.15) is 36.3 Å². The molecule has 4 aliphatic heterocycles. The average Bonchev–Trinajstić information content (AvgIpc) is 1.60. The molecule has 11 amide bonds. The fraction of sp³-hybridized carbons (Fsp3) is 0.484. The number of likely N-dealkylation sites (tertiary alicyclic amines) is 1. The summed E-state index contributed by atoms with van der Waals surface area (Å²) in [6, 6.07) is 26.8. The summed E-state index contributed by atoms with van der Waals surface area (Å²) in [6.07, 6.45) is -4.53. The Morgan fingerprint density at radius 2 is 1.33 bits per heavy atom. The number of urea groups is 1. The number of anilines is 2.